The van der Waals surface area contributed by atoms with Crippen LogP contribution in [-0.4, -0.2) is 0 Å². The summed E-state index contributed by atoms with van der Waals surface area (Å²) in [6.07, 6.45) is 0. The van der Waals surface area contributed by atoms with Crippen molar-refractivity contribution in [2.75, 3.05) is 0 Å². The van der Waals surface area contributed by atoms with Crippen molar-refractivity contribution in [1.29, 1.82) is 0 Å². The van der Waals surface area contributed by atoms with Crippen LogP contribution in [0.2, 0.25) is 0 Å². The number of hydrogen-bond acceptors (Lipinski definition) is 3. The molecular formula is N2S2. The van der Waals surface area contributed by atoms with Gasteiger partial charge in [0.25, 0.3) is 0 Å². The lowest BCUT2D eigenvalue weighted by Crippen LogP contribution is -1.45. The van der Waals surface area contributed by atoms with E-state index >= 15 is 0 Å². The summed E-state index contributed by atoms with van der Waals surface area (Å²) in [5, 5.41) is 0. The fraction of sp³-hybridized carbons (Fsp3) is 0. The molecule has 4 heteroatoms. The van der Waals surface area contributed by atoms with Crippen LogP contribution in [0, 0.1) is 0 Å². The molecule has 1 heterocycles. The van der Waals surface area contributed by atoms with E-state index in [1.165, 1.54) is 23.5 Å². The fourth-order valence-electron chi connectivity index (χ4n) is 0.0333. The molecule has 0 aromatic rings. The molecule has 0 bridgehead atoms. The maximum Gasteiger partial charge on any atom is 0.143 e. The molecule has 0 amide bonds. The minimum absolute atomic E-state index is 1.25. The summed E-state index contributed by atoms with van der Waals surface area (Å²) in [4.78, 5) is 0. The molecular weight excluding hydrogens is 92.1 g/mol. The Hall–Kier alpha value is 0.170. The van der Waals surface area contributed by atoms with E-state index in [9.17, 15) is 0 Å². The van der Waals surface area contributed by atoms with E-state index in [0.29, 0.717) is 0 Å². The van der Waals surface area contributed by atoms with Crippen molar-refractivity contribution in [3.63, 3.8) is 0 Å². The van der Waals surface area contributed by atoms with Gasteiger partial charge in [-0.1, -0.05) is 0 Å². The summed E-state index contributed by atoms with van der Waals surface area (Å²) < 4.78 is 7.17. The molecule has 0 saturated carbocycles. The van der Waals surface area contributed by atoms with Gasteiger partial charge in [0.15, 0.2) is 0 Å². The van der Waals surface area contributed by atoms with Crippen LogP contribution in [0.1, 0.15) is 0 Å². The molecule has 1 aliphatic heterocycles. The lowest BCUT2D eigenvalue weighted by Gasteiger charge is -1.73. The Labute approximate surface area is 31.8 Å². The highest BCUT2D eigenvalue weighted by molar-refractivity contribution is 8.07. The van der Waals surface area contributed by atoms with Crippen LogP contribution in [0.5, 0.6) is 0 Å². The SMILES string of the molecule is N1=S=NS1. The van der Waals surface area contributed by atoms with Crippen molar-refractivity contribution in [3.05, 3.63) is 0 Å². The highest BCUT2D eigenvalue weighted by Crippen LogP contribution is 2.07. The zero-order valence-electron chi connectivity index (χ0n) is 1.71. The number of rotatable bonds is 0. The van der Waals surface area contributed by atoms with Crippen LogP contribution in [0.15, 0.2) is 7.54 Å². The van der Waals surface area contributed by atoms with E-state index in [1.54, 1.807) is 0 Å². The van der Waals surface area contributed by atoms with Crippen LogP contribution < -0.4 is 0 Å². The summed E-state index contributed by atoms with van der Waals surface area (Å²) in [7, 11) is 0. The van der Waals surface area contributed by atoms with Gasteiger partial charge in [0.05, 0.1) is 11.4 Å². The third-order valence-electron chi connectivity index (χ3n) is 0.133. The second-order valence-corrected chi connectivity index (χ2v) is 1.83. The van der Waals surface area contributed by atoms with Crippen molar-refractivity contribution < 1.29 is 0 Å². The number of hydrogen-bond donors (Lipinski definition) is 0. The van der Waals surface area contributed by atoms with Crippen molar-refractivity contribution >= 4 is 23.5 Å². The Morgan fingerprint density at radius 3 is 1.50 bits per heavy atom. The smallest absolute Gasteiger partial charge is 0.115 e. The van der Waals surface area contributed by atoms with Crippen LogP contribution in [0.3, 0.4) is 0 Å². The second kappa shape index (κ2) is 0.858. The third-order valence-corrected chi connectivity index (χ3v) is 1.20. The highest BCUT2D eigenvalue weighted by Gasteiger charge is 1.74. The molecule has 0 aliphatic carbocycles. The summed E-state index contributed by atoms with van der Waals surface area (Å²) in [6, 6.07) is 0. The predicted molar refractivity (Wildman–Crippen MR) is 19.8 cm³/mol. The van der Waals surface area contributed by atoms with E-state index in [2.05, 4.69) is 7.54 Å². The van der Waals surface area contributed by atoms with Crippen LogP contribution in [0.25, 0.3) is 0 Å². The molecule has 0 fully saturated rings. The van der Waals surface area contributed by atoms with E-state index in [0.717, 1.165) is 0 Å². The molecule has 0 atom stereocenters. The normalized spacial score (nSPS) is 18.0. The van der Waals surface area contributed by atoms with Gasteiger partial charge in [-0.3, -0.25) is 0 Å². The van der Waals surface area contributed by atoms with Gasteiger partial charge in [0.1, 0.15) is 12.1 Å². The molecule has 0 radical (unpaired) electrons. The Kier molecular flexibility index (Phi) is 0.517. The van der Waals surface area contributed by atoms with Gasteiger partial charge in [-0.2, -0.15) is 0 Å². The Bertz CT molecular complexity index is 62.1. The van der Waals surface area contributed by atoms with Gasteiger partial charge in [-0.15, -0.1) is 7.54 Å². The van der Waals surface area contributed by atoms with Crippen LogP contribution in [-0.2, 0) is 11.4 Å². The lowest BCUT2D eigenvalue weighted by molar-refractivity contribution is 1.90. The van der Waals surface area contributed by atoms with Crippen molar-refractivity contribution in [2.24, 2.45) is 7.54 Å². The van der Waals surface area contributed by atoms with Crippen LogP contribution in [0.4, 0.5) is 0 Å². The molecule has 22 valence electrons. The van der Waals surface area contributed by atoms with Crippen molar-refractivity contribution in [1.82, 2.24) is 0 Å². The summed E-state index contributed by atoms with van der Waals surface area (Å²) in [5.74, 6) is 0. The Morgan fingerprint density at radius 1 is 1.25 bits per heavy atom. The average Bonchev–Trinajstić information content (AvgIpc) is 0.722. The lowest BCUT2D eigenvalue weighted by atomic mass is 13.8. The molecule has 2 nitrogen and oxygen atoms in total. The van der Waals surface area contributed by atoms with Gasteiger partial charge in [0, 0.05) is 0 Å². The topological polar surface area (TPSA) is 24.7 Å². The second-order valence-electron chi connectivity index (χ2n) is 0.312. The molecule has 0 aromatic heterocycles. The van der Waals surface area contributed by atoms with Crippen molar-refractivity contribution in [2.45, 2.75) is 0 Å². The molecule has 0 unspecified atom stereocenters. The zero-order chi connectivity index (χ0) is 2.83. The minimum atomic E-state index is 1.25. The van der Waals surface area contributed by atoms with Crippen molar-refractivity contribution in [3.8, 4) is 0 Å². The molecule has 0 spiro atoms. The van der Waals surface area contributed by atoms with Crippen LogP contribution >= 0.6 is 12.1 Å². The van der Waals surface area contributed by atoms with Gasteiger partial charge in [0.2, 0.25) is 0 Å². The molecule has 4 heavy (non-hydrogen) atoms. The largest absolute Gasteiger partial charge is 0.143 e. The van der Waals surface area contributed by atoms with E-state index in [4.69, 9.17) is 0 Å². The molecule has 1 aliphatic rings. The average molecular weight is 92.1 g/mol. The first-order valence-corrected chi connectivity index (χ1v) is 2.19. The first-order valence-electron chi connectivity index (χ1n) is 0.730. The van der Waals surface area contributed by atoms with Gasteiger partial charge >= 0.3 is 0 Å². The maximum atomic E-state index is 3.58. The highest BCUT2D eigenvalue weighted by atomic mass is 32.2. The standard InChI is InChI=1S/N2S2/c1-3-2-4-1. The molecule has 1 rings (SSSR count). The fourth-order valence-corrected chi connectivity index (χ4v) is 0.300. The van der Waals surface area contributed by atoms with E-state index in [-0.39, 0.29) is 0 Å². The van der Waals surface area contributed by atoms with Gasteiger partial charge in [-0.25, -0.2) is 0 Å². The molecule has 0 saturated heterocycles. The Balaban J connectivity index is 2.95. The minimum Gasteiger partial charge on any atom is -0.115 e. The Morgan fingerprint density at radius 2 is 1.50 bits per heavy atom. The first-order chi connectivity index (χ1) is 2.00. The summed E-state index contributed by atoms with van der Waals surface area (Å²) in [6.45, 7) is 0. The number of nitrogens with zero attached hydrogens (tertiary/aromatic N) is 2. The predicted octanol–water partition coefficient (Wildman–Crippen LogP) is 1.01. The zero-order valence-corrected chi connectivity index (χ0v) is 3.34. The summed E-state index contributed by atoms with van der Waals surface area (Å²) >= 11 is 2.50. The summed E-state index contributed by atoms with van der Waals surface area (Å²) in [5.41, 5.74) is 0. The van der Waals surface area contributed by atoms with Gasteiger partial charge in [-0.05, 0) is 0 Å². The third kappa shape index (κ3) is 0.171. The molecule has 0 N–H and O–H groups in total. The van der Waals surface area contributed by atoms with Gasteiger partial charge < -0.3 is 0 Å². The monoisotopic (exact) mass is 92.0 g/mol. The van der Waals surface area contributed by atoms with E-state index in [1.807, 2.05) is 0 Å². The van der Waals surface area contributed by atoms with E-state index < -0.39 is 0 Å². The maximum absolute atomic E-state index is 3.58. The quantitative estimate of drug-likeness (QED) is 0.409. The first kappa shape index (κ1) is 2.41. The molecule has 0 aromatic carbocycles.